The number of nitrogens with zero attached hydrogens (tertiary/aromatic N) is 1. The van der Waals surface area contributed by atoms with Gasteiger partial charge in [-0.1, -0.05) is 6.07 Å². The summed E-state index contributed by atoms with van der Waals surface area (Å²) in [5, 5.41) is 2.76. The van der Waals surface area contributed by atoms with Crippen LogP contribution in [0.1, 0.15) is 18.4 Å². The SMILES string of the molecule is Cc1ccc(F)cc1NC(=O)C1CCN(S(=O)(=O)c2ccc3c(c2)OCCO3)CC1. The third-order valence-corrected chi connectivity index (χ3v) is 7.33. The molecule has 0 aromatic heterocycles. The van der Waals surface area contributed by atoms with E-state index in [4.69, 9.17) is 9.47 Å². The van der Waals surface area contributed by atoms with E-state index in [-0.39, 0.29) is 29.8 Å². The van der Waals surface area contributed by atoms with Gasteiger partial charge in [0, 0.05) is 30.8 Å². The second kappa shape index (κ2) is 8.23. The summed E-state index contributed by atoms with van der Waals surface area (Å²) in [5.41, 5.74) is 1.20. The molecule has 0 atom stereocenters. The molecular formula is C21H23FN2O5S. The van der Waals surface area contributed by atoms with E-state index in [9.17, 15) is 17.6 Å². The number of hydrogen-bond donors (Lipinski definition) is 1. The zero-order valence-corrected chi connectivity index (χ0v) is 17.4. The molecule has 0 unspecified atom stereocenters. The smallest absolute Gasteiger partial charge is 0.243 e. The van der Waals surface area contributed by atoms with Crippen molar-refractivity contribution in [2.24, 2.45) is 5.92 Å². The lowest BCUT2D eigenvalue weighted by Crippen LogP contribution is -2.41. The van der Waals surface area contributed by atoms with Crippen LogP contribution in [-0.2, 0) is 14.8 Å². The Morgan fingerprint density at radius 1 is 1.07 bits per heavy atom. The lowest BCUT2D eigenvalue weighted by atomic mass is 9.97. The predicted molar refractivity (Wildman–Crippen MR) is 109 cm³/mol. The number of rotatable bonds is 4. The summed E-state index contributed by atoms with van der Waals surface area (Å²) in [4.78, 5) is 12.7. The minimum Gasteiger partial charge on any atom is -0.486 e. The fraction of sp³-hybridized carbons (Fsp3) is 0.381. The molecule has 0 saturated carbocycles. The van der Waals surface area contributed by atoms with Gasteiger partial charge in [-0.3, -0.25) is 4.79 Å². The van der Waals surface area contributed by atoms with E-state index in [1.807, 2.05) is 0 Å². The van der Waals surface area contributed by atoms with E-state index in [1.54, 1.807) is 19.1 Å². The molecule has 0 spiro atoms. The summed E-state index contributed by atoms with van der Waals surface area (Å²) in [5.74, 6) is -0.0269. The van der Waals surface area contributed by atoms with Crippen LogP contribution in [0.3, 0.4) is 0 Å². The minimum atomic E-state index is -3.70. The van der Waals surface area contributed by atoms with Crippen LogP contribution in [0.25, 0.3) is 0 Å². The molecule has 4 rings (SSSR count). The highest BCUT2D eigenvalue weighted by Gasteiger charge is 2.33. The first-order valence-electron chi connectivity index (χ1n) is 9.81. The third kappa shape index (κ3) is 4.13. The molecular weight excluding hydrogens is 411 g/mol. The van der Waals surface area contributed by atoms with E-state index >= 15 is 0 Å². The van der Waals surface area contributed by atoms with E-state index < -0.39 is 15.8 Å². The number of amides is 1. The zero-order chi connectivity index (χ0) is 21.3. The summed E-state index contributed by atoms with van der Waals surface area (Å²) >= 11 is 0. The average Bonchev–Trinajstić information content (AvgIpc) is 2.76. The van der Waals surface area contributed by atoms with Gasteiger partial charge in [-0.05, 0) is 49.6 Å². The van der Waals surface area contributed by atoms with Gasteiger partial charge >= 0.3 is 0 Å². The van der Waals surface area contributed by atoms with Crippen molar-refractivity contribution < 1.29 is 27.1 Å². The molecule has 7 nitrogen and oxygen atoms in total. The molecule has 2 heterocycles. The first kappa shape index (κ1) is 20.6. The van der Waals surface area contributed by atoms with Crippen LogP contribution in [-0.4, -0.2) is 44.9 Å². The van der Waals surface area contributed by atoms with Crippen LogP contribution >= 0.6 is 0 Å². The maximum absolute atomic E-state index is 13.4. The fourth-order valence-electron chi connectivity index (χ4n) is 3.66. The maximum atomic E-state index is 13.4. The number of ether oxygens (including phenoxy) is 2. The fourth-order valence-corrected chi connectivity index (χ4v) is 5.14. The number of sulfonamides is 1. The number of nitrogens with one attached hydrogen (secondary N) is 1. The molecule has 2 aromatic rings. The van der Waals surface area contributed by atoms with Gasteiger partial charge in [-0.2, -0.15) is 4.31 Å². The van der Waals surface area contributed by atoms with Gasteiger partial charge in [0.05, 0.1) is 4.90 Å². The number of carbonyl (C=O) groups excluding carboxylic acids is 1. The lowest BCUT2D eigenvalue weighted by molar-refractivity contribution is -0.120. The number of aryl methyl sites for hydroxylation is 1. The molecule has 2 aromatic carbocycles. The molecule has 0 aliphatic carbocycles. The van der Waals surface area contributed by atoms with Crippen molar-refractivity contribution in [1.29, 1.82) is 0 Å². The second-order valence-corrected chi connectivity index (χ2v) is 9.37. The summed E-state index contributed by atoms with van der Waals surface area (Å²) in [6.07, 6.45) is 0.786. The number of piperidine rings is 1. The highest BCUT2D eigenvalue weighted by atomic mass is 32.2. The van der Waals surface area contributed by atoms with Crippen molar-refractivity contribution >= 4 is 21.6 Å². The van der Waals surface area contributed by atoms with Crippen LogP contribution < -0.4 is 14.8 Å². The molecule has 9 heteroatoms. The summed E-state index contributed by atoms with van der Waals surface area (Å²) in [6.45, 7) is 3.07. The van der Waals surface area contributed by atoms with Gasteiger partial charge in [-0.15, -0.1) is 0 Å². The largest absolute Gasteiger partial charge is 0.486 e. The van der Waals surface area contributed by atoms with Gasteiger partial charge in [0.2, 0.25) is 15.9 Å². The van der Waals surface area contributed by atoms with Crippen molar-refractivity contribution in [3.05, 3.63) is 47.8 Å². The lowest BCUT2D eigenvalue weighted by Gasteiger charge is -2.31. The van der Waals surface area contributed by atoms with Gasteiger partial charge in [0.1, 0.15) is 19.0 Å². The van der Waals surface area contributed by atoms with Crippen molar-refractivity contribution in [3.63, 3.8) is 0 Å². The van der Waals surface area contributed by atoms with Crippen molar-refractivity contribution in [2.45, 2.75) is 24.7 Å². The minimum absolute atomic E-state index is 0.144. The third-order valence-electron chi connectivity index (χ3n) is 5.43. The van der Waals surface area contributed by atoms with Crippen LogP contribution in [0, 0.1) is 18.7 Å². The predicted octanol–water partition coefficient (Wildman–Crippen LogP) is 2.94. The monoisotopic (exact) mass is 434 g/mol. The highest BCUT2D eigenvalue weighted by molar-refractivity contribution is 7.89. The number of halogens is 1. The first-order valence-corrected chi connectivity index (χ1v) is 11.3. The molecule has 1 amide bonds. The first-order chi connectivity index (χ1) is 14.3. The van der Waals surface area contributed by atoms with Crippen LogP contribution in [0.15, 0.2) is 41.3 Å². The van der Waals surface area contributed by atoms with Crippen molar-refractivity contribution in [3.8, 4) is 11.5 Å². The molecule has 1 N–H and O–H groups in total. The van der Waals surface area contributed by atoms with Crippen LogP contribution in [0.2, 0.25) is 0 Å². The number of anilines is 1. The Morgan fingerprint density at radius 2 is 1.77 bits per heavy atom. The summed E-state index contributed by atoms with van der Waals surface area (Å²) in [6, 6.07) is 8.82. The number of benzene rings is 2. The van der Waals surface area contributed by atoms with Gasteiger partial charge < -0.3 is 14.8 Å². The Bertz CT molecular complexity index is 1070. The Hall–Kier alpha value is -2.65. The Balaban J connectivity index is 1.41. The topological polar surface area (TPSA) is 84.9 Å². The van der Waals surface area contributed by atoms with Crippen LogP contribution in [0.4, 0.5) is 10.1 Å². The molecule has 1 fully saturated rings. The quantitative estimate of drug-likeness (QED) is 0.800. The maximum Gasteiger partial charge on any atom is 0.243 e. The highest BCUT2D eigenvalue weighted by Crippen LogP contribution is 2.34. The van der Waals surface area contributed by atoms with E-state index in [0.717, 1.165) is 5.56 Å². The van der Waals surface area contributed by atoms with Crippen LogP contribution in [0.5, 0.6) is 11.5 Å². The zero-order valence-electron chi connectivity index (χ0n) is 16.6. The molecule has 160 valence electrons. The second-order valence-electron chi connectivity index (χ2n) is 7.43. The Labute approximate surface area is 174 Å². The Morgan fingerprint density at radius 3 is 2.50 bits per heavy atom. The van der Waals surface area contributed by atoms with Crippen molar-refractivity contribution in [1.82, 2.24) is 4.31 Å². The van der Waals surface area contributed by atoms with E-state index in [2.05, 4.69) is 5.32 Å². The van der Waals surface area contributed by atoms with Gasteiger partial charge in [0.25, 0.3) is 0 Å². The van der Waals surface area contributed by atoms with E-state index in [0.29, 0.717) is 43.2 Å². The Kier molecular flexibility index (Phi) is 5.66. The number of hydrogen-bond acceptors (Lipinski definition) is 5. The van der Waals surface area contributed by atoms with E-state index in [1.165, 1.54) is 28.6 Å². The molecule has 2 aliphatic rings. The van der Waals surface area contributed by atoms with Gasteiger partial charge in [-0.25, -0.2) is 12.8 Å². The standard InChI is InChI=1S/C21H23FN2O5S/c1-14-2-3-16(22)12-18(14)23-21(25)15-6-8-24(9-7-15)30(26,27)17-4-5-19-20(13-17)29-11-10-28-19/h2-5,12-13,15H,6-11H2,1H3,(H,23,25). The molecule has 30 heavy (non-hydrogen) atoms. The molecule has 2 aliphatic heterocycles. The number of carbonyl (C=O) groups is 1. The average molecular weight is 434 g/mol. The van der Waals surface area contributed by atoms with Gasteiger partial charge in [0.15, 0.2) is 11.5 Å². The molecule has 0 bridgehead atoms. The summed E-state index contributed by atoms with van der Waals surface area (Å²) < 4.78 is 51.8. The number of fused-ring (bicyclic) bond motifs is 1. The van der Waals surface area contributed by atoms with Crippen molar-refractivity contribution in [2.75, 3.05) is 31.6 Å². The molecule has 1 saturated heterocycles. The molecule has 0 radical (unpaired) electrons. The summed E-state index contributed by atoms with van der Waals surface area (Å²) in [7, 11) is -3.70. The normalized spacial score (nSPS) is 17.5.